The number of hydrogen-bond acceptors (Lipinski definition) is 5. The number of alkyl halides is 3. The first-order valence-electron chi connectivity index (χ1n) is 8.79. The van der Waals surface area contributed by atoms with E-state index in [1.165, 1.54) is 0 Å². The molecular weight excluding hydrogens is 443 g/mol. The summed E-state index contributed by atoms with van der Waals surface area (Å²) >= 11 is 6.17. The van der Waals surface area contributed by atoms with Crippen LogP contribution in [0.2, 0.25) is 5.02 Å². The molecule has 2 heterocycles. The number of benzene rings is 1. The average molecular weight is 460 g/mol. The summed E-state index contributed by atoms with van der Waals surface area (Å²) in [5.74, 6) is 0.0330. The van der Waals surface area contributed by atoms with Crippen LogP contribution in [0.3, 0.4) is 0 Å². The van der Waals surface area contributed by atoms with E-state index >= 15 is 0 Å². The number of carbonyl (C=O) groups excluding carboxylic acids is 1. The third kappa shape index (κ3) is 4.44. The lowest BCUT2D eigenvalue weighted by Gasteiger charge is -2.31. The van der Waals surface area contributed by atoms with E-state index in [1.54, 1.807) is 24.4 Å². The van der Waals surface area contributed by atoms with Gasteiger partial charge in [0.1, 0.15) is 5.82 Å². The van der Waals surface area contributed by atoms with Crippen molar-refractivity contribution in [3.8, 4) is 0 Å². The summed E-state index contributed by atoms with van der Waals surface area (Å²) in [7, 11) is -5.43. The van der Waals surface area contributed by atoms with E-state index in [2.05, 4.69) is 10.3 Å². The van der Waals surface area contributed by atoms with Crippen LogP contribution >= 0.6 is 11.6 Å². The number of nitrogens with zero attached hydrogens (tertiary/aromatic N) is 2. The summed E-state index contributed by atoms with van der Waals surface area (Å²) in [6, 6.07) is 7.29. The second kappa shape index (κ2) is 8.27. The molecule has 1 aromatic carbocycles. The van der Waals surface area contributed by atoms with E-state index in [0.717, 1.165) is 24.3 Å². The minimum absolute atomic E-state index is 0.165. The van der Waals surface area contributed by atoms with Gasteiger partial charge in [-0.05, 0) is 36.4 Å². The van der Waals surface area contributed by atoms with Crippen LogP contribution in [0.1, 0.15) is 6.92 Å². The number of anilines is 2. The van der Waals surface area contributed by atoms with Crippen molar-refractivity contribution in [2.75, 3.05) is 23.3 Å². The molecule has 1 aliphatic rings. The van der Waals surface area contributed by atoms with E-state index in [0.29, 0.717) is 29.5 Å². The Labute approximate surface area is 176 Å². The van der Waals surface area contributed by atoms with Gasteiger partial charge in [-0.1, -0.05) is 24.6 Å². The van der Waals surface area contributed by atoms with Crippen LogP contribution in [0, 0.1) is 5.92 Å². The first-order valence-corrected chi connectivity index (χ1v) is 10.6. The number of halogens is 4. The van der Waals surface area contributed by atoms with Crippen molar-refractivity contribution < 1.29 is 26.4 Å². The highest BCUT2D eigenvalue weighted by Gasteiger charge is 2.46. The number of rotatable bonds is 4. The second-order valence-electron chi connectivity index (χ2n) is 6.70. The first kappa shape index (κ1) is 22.1. The lowest BCUT2D eigenvalue weighted by molar-refractivity contribution is -0.113. The zero-order valence-corrected chi connectivity index (χ0v) is 17.2. The maximum absolute atomic E-state index is 12.6. The molecule has 1 aliphatic heterocycles. The van der Waals surface area contributed by atoms with E-state index in [9.17, 15) is 26.4 Å². The zero-order valence-electron chi connectivity index (χ0n) is 15.6. The topological polar surface area (TPSA) is 79.4 Å². The van der Waals surface area contributed by atoms with Gasteiger partial charge in [0.2, 0.25) is 0 Å². The number of aromatic nitrogens is 1. The van der Waals surface area contributed by atoms with Crippen LogP contribution in [-0.2, 0) is 14.6 Å². The van der Waals surface area contributed by atoms with Gasteiger partial charge in [0.25, 0.3) is 15.7 Å². The molecule has 1 atom stereocenters. The molecule has 1 aromatic heterocycles. The van der Waals surface area contributed by atoms with Crippen LogP contribution in [0.5, 0.6) is 0 Å². The Kier molecular flexibility index (Phi) is 6.09. The molecule has 0 aliphatic carbocycles. The summed E-state index contributed by atoms with van der Waals surface area (Å²) in [4.78, 5) is 17.9. The number of amides is 1. The van der Waals surface area contributed by atoms with Crippen molar-refractivity contribution in [3.63, 3.8) is 0 Å². The van der Waals surface area contributed by atoms with Crippen molar-refractivity contribution in [3.05, 3.63) is 59.3 Å². The summed E-state index contributed by atoms with van der Waals surface area (Å²) in [6.07, 6.45) is 3.36. The van der Waals surface area contributed by atoms with Crippen molar-refractivity contribution in [1.82, 2.24) is 4.98 Å². The van der Waals surface area contributed by atoms with Gasteiger partial charge in [-0.2, -0.15) is 13.2 Å². The van der Waals surface area contributed by atoms with Crippen LogP contribution in [-0.4, -0.2) is 37.9 Å². The van der Waals surface area contributed by atoms with Gasteiger partial charge in [0.05, 0.1) is 9.92 Å². The number of sulfone groups is 1. The molecule has 160 valence electrons. The lowest BCUT2D eigenvalue weighted by Crippen LogP contribution is -2.37. The summed E-state index contributed by atoms with van der Waals surface area (Å²) in [5, 5.41) is 3.08. The molecule has 0 saturated heterocycles. The van der Waals surface area contributed by atoms with Gasteiger partial charge >= 0.3 is 5.51 Å². The Balaban J connectivity index is 1.71. The molecule has 6 nitrogen and oxygen atoms in total. The van der Waals surface area contributed by atoms with E-state index in [1.807, 2.05) is 11.8 Å². The third-order valence-corrected chi connectivity index (χ3v) is 6.38. The van der Waals surface area contributed by atoms with Crippen molar-refractivity contribution in [2.24, 2.45) is 5.92 Å². The normalized spacial score (nSPS) is 17.4. The molecule has 1 amide bonds. The largest absolute Gasteiger partial charge is 0.501 e. The van der Waals surface area contributed by atoms with Gasteiger partial charge < -0.3 is 10.2 Å². The fraction of sp³-hybridized carbons (Fsp3) is 0.263. The van der Waals surface area contributed by atoms with Crippen LogP contribution in [0.4, 0.5) is 24.7 Å². The summed E-state index contributed by atoms with van der Waals surface area (Å²) in [6.45, 7) is 2.76. The minimum atomic E-state index is -5.43. The van der Waals surface area contributed by atoms with Crippen LogP contribution in [0.25, 0.3) is 0 Å². The summed E-state index contributed by atoms with van der Waals surface area (Å²) in [5.41, 5.74) is -4.70. The molecule has 0 saturated carbocycles. The molecule has 11 heteroatoms. The van der Waals surface area contributed by atoms with Crippen molar-refractivity contribution in [1.29, 1.82) is 0 Å². The Bertz CT molecular complexity index is 1090. The van der Waals surface area contributed by atoms with Crippen LogP contribution < -0.4 is 10.2 Å². The van der Waals surface area contributed by atoms with Gasteiger partial charge in [0.15, 0.2) is 0 Å². The highest BCUT2D eigenvalue weighted by atomic mass is 35.5. The van der Waals surface area contributed by atoms with Gasteiger partial charge in [-0.25, -0.2) is 13.4 Å². The van der Waals surface area contributed by atoms with Crippen LogP contribution in [0.15, 0.2) is 59.1 Å². The molecule has 30 heavy (non-hydrogen) atoms. The quantitative estimate of drug-likeness (QED) is 0.746. The predicted molar refractivity (Wildman–Crippen MR) is 107 cm³/mol. The highest BCUT2D eigenvalue weighted by molar-refractivity contribution is 7.92. The Hall–Kier alpha value is -2.59. The van der Waals surface area contributed by atoms with E-state index < -0.39 is 26.1 Å². The molecule has 3 rings (SSSR count). The second-order valence-corrected chi connectivity index (χ2v) is 9.05. The van der Waals surface area contributed by atoms with Crippen molar-refractivity contribution >= 4 is 38.9 Å². The molecule has 0 spiro atoms. The monoisotopic (exact) mass is 459 g/mol. The number of pyridine rings is 1. The molecule has 0 unspecified atom stereocenters. The minimum Gasteiger partial charge on any atom is -0.351 e. The fourth-order valence-corrected chi connectivity index (χ4v) is 4.07. The third-order valence-electron chi connectivity index (χ3n) is 4.58. The Morgan fingerprint density at radius 3 is 2.47 bits per heavy atom. The Morgan fingerprint density at radius 1 is 1.23 bits per heavy atom. The van der Waals surface area contributed by atoms with E-state index in [-0.39, 0.29) is 11.6 Å². The zero-order chi connectivity index (χ0) is 22.1. The van der Waals surface area contributed by atoms with E-state index in [4.69, 9.17) is 11.6 Å². The maximum atomic E-state index is 12.6. The van der Waals surface area contributed by atoms with Gasteiger partial charge in [-0.3, -0.25) is 4.79 Å². The SMILES string of the molecule is C[C@H]1CN(c2ncccc2Cl)CC=C1C(=O)Nc1ccc(S(=O)(=O)C(F)(F)F)cc1. The molecular formula is C19H17ClF3N3O3S. The molecule has 1 N–H and O–H groups in total. The number of nitrogens with one attached hydrogen (secondary N) is 1. The molecule has 2 aromatic rings. The van der Waals surface area contributed by atoms with Crippen molar-refractivity contribution in [2.45, 2.75) is 17.3 Å². The molecule has 0 bridgehead atoms. The molecule has 0 fully saturated rings. The number of hydrogen-bond donors (Lipinski definition) is 1. The lowest BCUT2D eigenvalue weighted by atomic mass is 9.95. The number of carbonyl (C=O) groups is 1. The molecule has 0 radical (unpaired) electrons. The first-order chi connectivity index (χ1) is 14.0. The maximum Gasteiger partial charge on any atom is 0.501 e. The standard InChI is InChI=1S/C19H17ClF3N3O3S/c1-12-11-26(17-16(20)3-2-9-24-17)10-8-15(12)18(27)25-13-4-6-14(7-5-13)30(28,29)19(21,22)23/h2-9,12H,10-11H2,1H3,(H,25,27)/t12-/m0/s1. The summed E-state index contributed by atoms with van der Waals surface area (Å²) < 4.78 is 60.7. The smallest absolute Gasteiger partial charge is 0.351 e. The average Bonchev–Trinajstić information content (AvgIpc) is 2.67. The fourth-order valence-electron chi connectivity index (χ4n) is 3.07. The Morgan fingerprint density at radius 2 is 1.90 bits per heavy atom. The van der Waals surface area contributed by atoms with Gasteiger partial charge in [0, 0.05) is 36.5 Å². The predicted octanol–water partition coefficient (Wildman–Crippen LogP) is 4.05. The van der Waals surface area contributed by atoms with Gasteiger partial charge in [-0.15, -0.1) is 0 Å². The highest BCUT2D eigenvalue weighted by Crippen LogP contribution is 2.31.